The molecule has 2 atom stereocenters. The molecule has 1 aromatic rings. The van der Waals surface area contributed by atoms with Crippen molar-refractivity contribution < 1.29 is 9.15 Å². The highest BCUT2D eigenvalue weighted by atomic mass is 16.5. The van der Waals surface area contributed by atoms with Crippen molar-refractivity contribution in [2.24, 2.45) is 11.8 Å². The van der Waals surface area contributed by atoms with Crippen LogP contribution in [0.3, 0.4) is 0 Å². The monoisotopic (exact) mass is 293 g/mol. The van der Waals surface area contributed by atoms with Crippen LogP contribution in [-0.2, 0) is 17.9 Å². The van der Waals surface area contributed by atoms with E-state index in [1.54, 1.807) is 0 Å². The van der Waals surface area contributed by atoms with E-state index in [-0.39, 0.29) is 0 Å². The van der Waals surface area contributed by atoms with Gasteiger partial charge in [0, 0.05) is 12.1 Å². The smallest absolute Gasteiger partial charge is 0.130 e. The minimum Gasteiger partial charge on any atom is -0.464 e. The number of aryl methyl sites for hydroxylation is 1. The van der Waals surface area contributed by atoms with E-state index in [1.165, 1.54) is 31.2 Å². The standard InChI is InChI=1S/C18H31NO2/c1-13(2)10-19-11-16-9-17(21-15(16)4)12-20-18-8-6-5-7-14(18)3/h9,13-14,18-19H,5-8,10-12H2,1-4H3. The van der Waals surface area contributed by atoms with Crippen LogP contribution in [0.4, 0.5) is 0 Å². The lowest BCUT2D eigenvalue weighted by atomic mass is 9.88. The lowest BCUT2D eigenvalue weighted by molar-refractivity contribution is -0.0221. The van der Waals surface area contributed by atoms with Gasteiger partial charge in [0.1, 0.15) is 18.1 Å². The number of ether oxygens (including phenoxy) is 1. The third kappa shape index (κ3) is 5.15. The highest BCUT2D eigenvalue weighted by molar-refractivity contribution is 5.20. The first-order chi connectivity index (χ1) is 10.1. The summed E-state index contributed by atoms with van der Waals surface area (Å²) >= 11 is 0. The number of rotatable bonds is 7. The zero-order valence-electron chi connectivity index (χ0n) is 14.1. The van der Waals surface area contributed by atoms with Crippen LogP contribution in [-0.4, -0.2) is 12.6 Å². The molecule has 0 aliphatic heterocycles. The van der Waals surface area contributed by atoms with Crippen LogP contribution in [0, 0.1) is 18.8 Å². The average molecular weight is 293 g/mol. The van der Waals surface area contributed by atoms with Gasteiger partial charge in [0.25, 0.3) is 0 Å². The predicted octanol–water partition coefficient (Wildman–Crippen LogP) is 4.43. The molecule has 0 radical (unpaired) electrons. The van der Waals surface area contributed by atoms with Gasteiger partial charge in [-0.1, -0.05) is 33.6 Å². The van der Waals surface area contributed by atoms with Crippen molar-refractivity contribution in [3.05, 3.63) is 23.2 Å². The van der Waals surface area contributed by atoms with Crippen LogP contribution in [0.1, 0.15) is 63.5 Å². The summed E-state index contributed by atoms with van der Waals surface area (Å²) in [6.07, 6.45) is 5.56. The Labute approximate surface area is 129 Å². The predicted molar refractivity (Wildman–Crippen MR) is 86.2 cm³/mol. The Morgan fingerprint density at radius 2 is 2.10 bits per heavy atom. The molecule has 2 unspecified atom stereocenters. The number of hydrogen-bond acceptors (Lipinski definition) is 3. The summed E-state index contributed by atoms with van der Waals surface area (Å²) in [5.74, 6) is 3.34. The highest BCUT2D eigenvalue weighted by Crippen LogP contribution is 2.27. The van der Waals surface area contributed by atoms with E-state index in [9.17, 15) is 0 Å². The van der Waals surface area contributed by atoms with Gasteiger partial charge >= 0.3 is 0 Å². The lowest BCUT2D eigenvalue weighted by Crippen LogP contribution is -2.25. The van der Waals surface area contributed by atoms with Gasteiger partial charge in [-0.3, -0.25) is 0 Å². The Morgan fingerprint density at radius 3 is 2.81 bits per heavy atom. The van der Waals surface area contributed by atoms with Gasteiger partial charge in [-0.05, 0) is 44.2 Å². The first kappa shape index (κ1) is 16.6. The molecule has 1 N–H and O–H groups in total. The van der Waals surface area contributed by atoms with Crippen molar-refractivity contribution in [2.75, 3.05) is 6.54 Å². The van der Waals surface area contributed by atoms with E-state index in [4.69, 9.17) is 9.15 Å². The van der Waals surface area contributed by atoms with Crippen molar-refractivity contribution in [2.45, 2.75) is 72.6 Å². The molecule has 1 aliphatic rings. The summed E-state index contributed by atoms with van der Waals surface area (Å²) in [6.45, 7) is 11.3. The number of nitrogens with one attached hydrogen (secondary N) is 1. The lowest BCUT2D eigenvalue weighted by Gasteiger charge is -2.28. The third-order valence-electron chi connectivity index (χ3n) is 4.41. The van der Waals surface area contributed by atoms with Gasteiger partial charge in [0.05, 0.1) is 6.10 Å². The molecule has 1 aliphatic carbocycles. The Morgan fingerprint density at radius 1 is 1.33 bits per heavy atom. The quantitative estimate of drug-likeness (QED) is 0.807. The van der Waals surface area contributed by atoms with Gasteiger partial charge in [-0.25, -0.2) is 0 Å². The van der Waals surface area contributed by atoms with Crippen LogP contribution in [0.15, 0.2) is 10.5 Å². The molecule has 0 spiro atoms. The van der Waals surface area contributed by atoms with E-state index in [2.05, 4.69) is 32.2 Å². The molecular formula is C18H31NO2. The normalized spacial score (nSPS) is 22.9. The molecule has 120 valence electrons. The Balaban J connectivity index is 1.81. The molecule has 0 saturated heterocycles. The van der Waals surface area contributed by atoms with Gasteiger partial charge in [-0.15, -0.1) is 0 Å². The van der Waals surface area contributed by atoms with Crippen LogP contribution >= 0.6 is 0 Å². The van der Waals surface area contributed by atoms with Crippen molar-refractivity contribution in [1.82, 2.24) is 5.32 Å². The maximum absolute atomic E-state index is 6.08. The highest BCUT2D eigenvalue weighted by Gasteiger charge is 2.22. The van der Waals surface area contributed by atoms with Crippen LogP contribution in [0.2, 0.25) is 0 Å². The van der Waals surface area contributed by atoms with Crippen molar-refractivity contribution in [3.8, 4) is 0 Å². The van der Waals surface area contributed by atoms with Gasteiger partial charge in [-0.2, -0.15) is 0 Å². The SMILES string of the molecule is Cc1oc(COC2CCCCC2C)cc1CNCC(C)C. The maximum Gasteiger partial charge on any atom is 0.130 e. The third-order valence-corrected chi connectivity index (χ3v) is 4.41. The molecule has 2 rings (SSSR count). The van der Waals surface area contributed by atoms with Gasteiger partial charge < -0.3 is 14.5 Å². The van der Waals surface area contributed by atoms with E-state index < -0.39 is 0 Å². The molecule has 0 aromatic carbocycles. The molecule has 3 nitrogen and oxygen atoms in total. The fourth-order valence-electron chi connectivity index (χ4n) is 3.05. The zero-order valence-corrected chi connectivity index (χ0v) is 14.1. The minimum absolute atomic E-state index is 0.409. The summed E-state index contributed by atoms with van der Waals surface area (Å²) in [4.78, 5) is 0. The van der Waals surface area contributed by atoms with E-state index in [0.29, 0.717) is 24.5 Å². The van der Waals surface area contributed by atoms with Gasteiger partial charge in [0.15, 0.2) is 0 Å². The van der Waals surface area contributed by atoms with Gasteiger partial charge in [0.2, 0.25) is 0 Å². The second-order valence-electron chi connectivity index (χ2n) is 6.93. The number of hydrogen-bond donors (Lipinski definition) is 1. The second-order valence-corrected chi connectivity index (χ2v) is 6.93. The minimum atomic E-state index is 0.409. The largest absolute Gasteiger partial charge is 0.464 e. The Hall–Kier alpha value is -0.800. The molecule has 1 aromatic heterocycles. The van der Waals surface area contributed by atoms with E-state index in [1.807, 2.05) is 6.92 Å². The summed E-state index contributed by atoms with van der Waals surface area (Å²) < 4.78 is 11.9. The molecule has 3 heteroatoms. The molecule has 1 fully saturated rings. The van der Waals surface area contributed by atoms with Crippen molar-refractivity contribution in [3.63, 3.8) is 0 Å². The number of furan rings is 1. The van der Waals surface area contributed by atoms with Crippen LogP contribution < -0.4 is 5.32 Å². The second kappa shape index (κ2) is 8.00. The molecule has 1 saturated carbocycles. The maximum atomic E-state index is 6.08. The van der Waals surface area contributed by atoms with E-state index in [0.717, 1.165) is 24.6 Å². The van der Waals surface area contributed by atoms with E-state index >= 15 is 0 Å². The summed E-state index contributed by atoms with van der Waals surface area (Å²) in [7, 11) is 0. The van der Waals surface area contributed by atoms with Crippen LogP contribution in [0.25, 0.3) is 0 Å². The molecule has 21 heavy (non-hydrogen) atoms. The summed E-state index contributed by atoms with van der Waals surface area (Å²) in [5.41, 5.74) is 1.26. The zero-order chi connectivity index (χ0) is 15.2. The molecular weight excluding hydrogens is 262 g/mol. The van der Waals surface area contributed by atoms with Crippen molar-refractivity contribution in [1.29, 1.82) is 0 Å². The first-order valence-electron chi connectivity index (χ1n) is 8.46. The Kier molecular flexibility index (Phi) is 6.31. The first-order valence-corrected chi connectivity index (χ1v) is 8.46. The fraction of sp³-hybridized carbons (Fsp3) is 0.778. The molecule has 1 heterocycles. The summed E-state index contributed by atoms with van der Waals surface area (Å²) in [6, 6.07) is 2.15. The van der Waals surface area contributed by atoms with Crippen LogP contribution in [0.5, 0.6) is 0 Å². The molecule has 0 bridgehead atoms. The fourth-order valence-corrected chi connectivity index (χ4v) is 3.05. The van der Waals surface area contributed by atoms with Crippen molar-refractivity contribution >= 4 is 0 Å². The Bertz CT molecular complexity index is 425. The summed E-state index contributed by atoms with van der Waals surface area (Å²) in [5, 5.41) is 3.47. The molecule has 0 amide bonds. The topological polar surface area (TPSA) is 34.4 Å². The average Bonchev–Trinajstić information content (AvgIpc) is 2.78.